The van der Waals surface area contributed by atoms with Gasteiger partial charge in [-0.3, -0.25) is 4.79 Å². The highest BCUT2D eigenvalue weighted by Crippen LogP contribution is 2.32. The van der Waals surface area contributed by atoms with Crippen LogP contribution in [0.25, 0.3) is 0 Å². The van der Waals surface area contributed by atoms with Crippen LogP contribution < -0.4 is 9.62 Å². The number of amides is 1. The lowest BCUT2D eigenvalue weighted by atomic mass is 10.0. The molecular weight excluding hydrogens is 363 g/mol. The van der Waals surface area contributed by atoms with Crippen LogP contribution in [-0.4, -0.2) is 21.8 Å². The summed E-state index contributed by atoms with van der Waals surface area (Å²) >= 11 is -1.16. The Balaban J connectivity index is 1.78. The van der Waals surface area contributed by atoms with Gasteiger partial charge in [0.1, 0.15) is 10.6 Å². The first-order valence-corrected chi connectivity index (χ1v) is 10.2. The number of rotatable bonds is 4. The number of fused-ring (bicyclic) bond motifs is 1. The van der Waals surface area contributed by atoms with Crippen molar-refractivity contribution in [1.29, 1.82) is 0 Å². The number of benzene rings is 2. The molecule has 1 aliphatic rings. The highest BCUT2D eigenvalue weighted by atomic mass is 32.2. The van der Waals surface area contributed by atoms with Crippen LogP contribution in [0.3, 0.4) is 0 Å². The Morgan fingerprint density at radius 3 is 2.67 bits per heavy atom. The van der Waals surface area contributed by atoms with E-state index in [1.54, 1.807) is 17.0 Å². The SMILES string of the molecule is C[C@@H](N[S@+]([O-])C(C)(C)C)c1ccc2c(c1)CCN2C(=O)c1cccc(F)c1. The van der Waals surface area contributed by atoms with Crippen LogP contribution in [-0.2, 0) is 17.8 Å². The van der Waals surface area contributed by atoms with E-state index in [1.807, 2.05) is 39.8 Å². The molecule has 2 atom stereocenters. The third-order valence-electron chi connectivity index (χ3n) is 4.66. The lowest BCUT2D eigenvalue weighted by Crippen LogP contribution is -2.40. The quantitative estimate of drug-likeness (QED) is 0.801. The fraction of sp³-hybridized carbons (Fsp3) is 0.381. The van der Waals surface area contributed by atoms with Gasteiger partial charge in [0, 0.05) is 29.2 Å². The number of halogens is 1. The van der Waals surface area contributed by atoms with Gasteiger partial charge >= 0.3 is 0 Å². The second-order valence-corrected chi connectivity index (χ2v) is 9.82. The number of anilines is 1. The van der Waals surface area contributed by atoms with Crippen LogP contribution in [0.4, 0.5) is 10.1 Å². The molecule has 0 bridgehead atoms. The summed E-state index contributed by atoms with van der Waals surface area (Å²) in [6.07, 6.45) is 0.749. The van der Waals surface area contributed by atoms with E-state index in [9.17, 15) is 13.7 Å². The lowest BCUT2D eigenvalue weighted by molar-refractivity contribution is 0.0989. The van der Waals surface area contributed by atoms with Gasteiger partial charge in [0.15, 0.2) is 0 Å². The predicted octanol–water partition coefficient (Wildman–Crippen LogP) is 4.14. The summed E-state index contributed by atoms with van der Waals surface area (Å²) in [5.74, 6) is -0.608. The number of nitrogens with one attached hydrogen (secondary N) is 1. The van der Waals surface area contributed by atoms with E-state index in [0.29, 0.717) is 12.1 Å². The van der Waals surface area contributed by atoms with E-state index in [1.165, 1.54) is 12.1 Å². The standard InChI is InChI=1S/C21H25FN2O2S/c1-14(23-27(26)21(2,3)4)15-8-9-19-16(12-15)10-11-24(19)20(25)17-6-5-7-18(22)13-17/h5-9,12-14,23H,10-11H2,1-4H3/t14-,27-/m1/s1. The zero-order chi connectivity index (χ0) is 19.8. The topological polar surface area (TPSA) is 55.4 Å². The normalized spacial score (nSPS) is 16.1. The van der Waals surface area contributed by atoms with E-state index in [2.05, 4.69) is 10.8 Å². The Bertz CT molecular complexity index is 850. The number of hydrogen-bond donors (Lipinski definition) is 1. The maximum Gasteiger partial charge on any atom is 0.258 e. The van der Waals surface area contributed by atoms with E-state index >= 15 is 0 Å². The van der Waals surface area contributed by atoms with Gasteiger partial charge in [-0.15, -0.1) is 4.72 Å². The molecule has 3 rings (SSSR count). The Morgan fingerprint density at radius 2 is 2.00 bits per heavy atom. The van der Waals surface area contributed by atoms with Crippen LogP contribution in [0.1, 0.15) is 55.2 Å². The Labute approximate surface area is 163 Å². The molecule has 2 aromatic rings. The number of hydrogen-bond acceptors (Lipinski definition) is 3. The van der Waals surface area contributed by atoms with Gasteiger partial charge in [0.25, 0.3) is 5.91 Å². The first kappa shape index (κ1) is 19.9. The molecule has 1 amide bonds. The monoisotopic (exact) mass is 388 g/mol. The number of carbonyl (C=O) groups is 1. The zero-order valence-corrected chi connectivity index (χ0v) is 16.9. The molecule has 0 radical (unpaired) electrons. The van der Waals surface area contributed by atoms with Gasteiger partial charge in [-0.2, -0.15) is 0 Å². The molecule has 144 valence electrons. The van der Waals surface area contributed by atoms with E-state index in [4.69, 9.17) is 0 Å². The summed E-state index contributed by atoms with van der Waals surface area (Å²) in [7, 11) is 0. The molecule has 1 heterocycles. The molecule has 1 N–H and O–H groups in total. The summed E-state index contributed by atoms with van der Waals surface area (Å²) < 4.78 is 28.6. The van der Waals surface area contributed by atoms with Crippen LogP contribution in [0.2, 0.25) is 0 Å². The smallest absolute Gasteiger partial charge is 0.258 e. The van der Waals surface area contributed by atoms with Crippen molar-refractivity contribution < 1.29 is 13.7 Å². The fourth-order valence-corrected chi connectivity index (χ4v) is 3.90. The third kappa shape index (κ3) is 4.34. The lowest BCUT2D eigenvalue weighted by Gasteiger charge is -2.26. The number of carbonyl (C=O) groups excluding carboxylic acids is 1. The average molecular weight is 389 g/mol. The first-order valence-electron chi connectivity index (χ1n) is 9.05. The zero-order valence-electron chi connectivity index (χ0n) is 16.1. The molecule has 1 aliphatic heterocycles. The largest absolute Gasteiger partial charge is 0.598 e. The Morgan fingerprint density at radius 1 is 1.26 bits per heavy atom. The predicted molar refractivity (Wildman–Crippen MR) is 108 cm³/mol. The van der Waals surface area contributed by atoms with Crippen LogP contribution in [0.5, 0.6) is 0 Å². The summed E-state index contributed by atoms with van der Waals surface area (Å²) in [5.41, 5.74) is 3.32. The van der Waals surface area contributed by atoms with Crippen molar-refractivity contribution in [1.82, 2.24) is 4.72 Å². The third-order valence-corrected chi connectivity index (χ3v) is 6.34. The Kier molecular flexibility index (Phi) is 5.60. The van der Waals surface area contributed by atoms with Crippen LogP contribution in [0, 0.1) is 5.82 Å². The molecule has 0 saturated heterocycles. The molecule has 6 heteroatoms. The van der Waals surface area contributed by atoms with Gasteiger partial charge in [-0.25, -0.2) is 4.39 Å². The summed E-state index contributed by atoms with van der Waals surface area (Å²) in [4.78, 5) is 14.4. The molecule has 0 aliphatic carbocycles. The summed E-state index contributed by atoms with van der Waals surface area (Å²) in [6.45, 7) is 8.35. The van der Waals surface area contributed by atoms with E-state index in [0.717, 1.165) is 23.2 Å². The first-order chi connectivity index (χ1) is 12.7. The van der Waals surface area contributed by atoms with Crippen molar-refractivity contribution in [2.75, 3.05) is 11.4 Å². The molecule has 0 spiro atoms. The van der Waals surface area contributed by atoms with E-state index in [-0.39, 0.29) is 16.7 Å². The van der Waals surface area contributed by atoms with Crippen molar-refractivity contribution >= 4 is 23.0 Å². The van der Waals surface area contributed by atoms with Crippen molar-refractivity contribution in [2.45, 2.75) is 44.9 Å². The summed E-state index contributed by atoms with van der Waals surface area (Å²) in [6, 6.07) is 11.6. The van der Waals surface area contributed by atoms with Gasteiger partial charge in [0.05, 0.1) is 6.04 Å². The van der Waals surface area contributed by atoms with E-state index < -0.39 is 17.2 Å². The van der Waals surface area contributed by atoms with Crippen molar-refractivity contribution in [3.8, 4) is 0 Å². The van der Waals surface area contributed by atoms with Crippen LogP contribution >= 0.6 is 0 Å². The Hall–Kier alpha value is -1.89. The average Bonchev–Trinajstić information content (AvgIpc) is 3.03. The minimum atomic E-state index is -1.16. The minimum Gasteiger partial charge on any atom is -0.598 e. The highest BCUT2D eigenvalue weighted by molar-refractivity contribution is 7.90. The molecule has 0 fully saturated rings. The van der Waals surface area contributed by atoms with Gasteiger partial charge in [0.2, 0.25) is 0 Å². The van der Waals surface area contributed by atoms with Crippen molar-refractivity contribution in [3.63, 3.8) is 0 Å². The summed E-state index contributed by atoms with van der Waals surface area (Å²) in [5, 5.41) is 0. The molecule has 0 unspecified atom stereocenters. The van der Waals surface area contributed by atoms with Gasteiger partial charge in [-0.1, -0.05) is 18.2 Å². The van der Waals surface area contributed by atoms with Crippen LogP contribution in [0.15, 0.2) is 42.5 Å². The van der Waals surface area contributed by atoms with Crippen molar-refractivity contribution in [2.24, 2.45) is 0 Å². The fourth-order valence-electron chi connectivity index (χ4n) is 3.08. The molecule has 27 heavy (non-hydrogen) atoms. The number of nitrogens with zero attached hydrogens (tertiary/aromatic N) is 1. The molecule has 0 saturated carbocycles. The molecule has 0 aromatic heterocycles. The molecule has 4 nitrogen and oxygen atoms in total. The van der Waals surface area contributed by atoms with Crippen molar-refractivity contribution in [3.05, 3.63) is 65.0 Å². The second-order valence-electron chi connectivity index (χ2n) is 7.83. The van der Waals surface area contributed by atoms with Gasteiger partial charge in [-0.05, 0) is 69.5 Å². The van der Waals surface area contributed by atoms with Gasteiger partial charge < -0.3 is 9.45 Å². The minimum absolute atomic E-state index is 0.0664. The highest BCUT2D eigenvalue weighted by Gasteiger charge is 2.30. The second kappa shape index (κ2) is 7.62. The maximum atomic E-state index is 13.4. The molecular formula is C21H25FN2O2S. The maximum absolute atomic E-state index is 13.4. The molecule has 2 aromatic carbocycles.